The van der Waals surface area contributed by atoms with Crippen LogP contribution in [0.2, 0.25) is 0 Å². The van der Waals surface area contributed by atoms with Crippen molar-refractivity contribution in [1.82, 2.24) is 4.90 Å². The van der Waals surface area contributed by atoms with Crippen LogP contribution in [0.1, 0.15) is 31.9 Å². The van der Waals surface area contributed by atoms with Crippen LogP contribution >= 0.6 is 0 Å². The largest absolute Gasteiger partial charge is 0.384 e. The van der Waals surface area contributed by atoms with Gasteiger partial charge in [-0.15, -0.1) is 0 Å². The number of oxime groups is 1. The predicted molar refractivity (Wildman–Crippen MR) is 99.9 cm³/mol. The van der Waals surface area contributed by atoms with Gasteiger partial charge in [0.1, 0.15) is 0 Å². The molecule has 0 bridgehead atoms. The van der Waals surface area contributed by atoms with E-state index in [1.165, 1.54) is 0 Å². The van der Waals surface area contributed by atoms with E-state index in [1.807, 2.05) is 81.4 Å². The SMILES string of the molecule is CC(C)(C)N(Cc1ccccc1)C(=O)CO/N=C(\N)c1ccccc1. The van der Waals surface area contributed by atoms with Crippen molar-refractivity contribution in [2.75, 3.05) is 6.61 Å². The van der Waals surface area contributed by atoms with Crippen LogP contribution < -0.4 is 5.73 Å². The minimum atomic E-state index is -0.328. The molecule has 0 aliphatic rings. The maximum Gasteiger partial charge on any atom is 0.264 e. The minimum absolute atomic E-state index is 0.138. The molecule has 0 radical (unpaired) electrons. The summed E-state index contributed by atoms with van der Waals surface area (Å²) in [4.78, 5) is 19.6. The summed E-state index contributed by atoms with van der Waals surface area (Å²) < 4.78 is 0. The van der Waals surface area contributed by atoms with E-state index in [-0.39, 0.29) is 23.9 Å². The van der Waals surface area contributed by atoms with Crippen LogP contribution in [-0.2, 0) is 16.2 Å². The summed E-state index contributed by atoms with van der Waals surface area (Å²) in [5.74, 6) is 0.111. The van der Waals surface area contributed by atoms with Gasteiger partial charge in [0, 0.05) is 17.6 Å². The highest BCUT2D eigenvalue weighted by Crippen LogP contribution is 2.17. The van der Waals surface area contributed by atoms with Gasteiger partial charge in [-0.05, 0) is 26.3 Å². The lowest BCUT2D eigenvalue weighted by Crippen LogP contribution is -2.46. The Labute approximate surface area is 149 Å². The fourth-order valence-electron chi connectivity index (χ4n) is 2.36. The van der Waals surface area contributed by atoms with Crippen molar-refractivity contribution in [3.8, 4) is 0 Å². The molecule has 0 atom stereocenters. The van der Waals surface area contributed by atoms with Crippen molar-refractivity contribution in [2.24, 2.45) is 10.9 Å². The molecule has 25 heavy (non-hydrogen) atoms. The van der Waals surface area contributed by atoms with Gasteiger partial charge in [-0.3, -0.25) is 4.79 Å². The third kappa shape index (κ3) is 5.64. The normalized spacial score (nSPS) is 11.9. The van der Waals surface area contributed by atoms with Gasteiger partial charge in [0.05, 0.1) is 0 Å². The molecular formula is C20H25N3O2. The van der Waals surface area contributed by atoms with Crippen molar-refractivity contribution >= 4 is 11.7 Å². The van der Waals surface area contributed by atoms with Crippen molar-refractivity contribution < 1.29 is 9.63 Å². The Kier molecular flexibility index (Phi) is 6.17. The molecule has 5 nitrogen and oxygen atoms in total. The molecule has 0 saturated carbocycles. The number of carbonyl (C=O) groups excluding carboxylic acids is 1. The van der Waals surface area contributed by atoms with Gasteiger partial charge >= 0.3 is 0 Å². The standard InChI is InChI=1S/C20H25N3O2/c1-20(2,3)23(14-16-10-6-4-7-11-16)18(24)15-25-22-19(21)17-12-8-5-9-13-17/h4-13H,14-15H2,1-3H3,(H2,21,22). The number of nitrogens with zero attached hydrogens (tertiary/aromatic N) is 2. The zero-order chi connectivity index (χ0) is 18.3. The lowest BCUT2D eigenvalue weighted by molar-refractivity contribution is -0.141. The summed E-state index contributed by atoms with van der Waals surface area (Å²) in [6, 6.07) is 19.2. The second kappa shape index (κ2) is 8.33. The molecule has 0 heterocycles. The quantitative estimate of drug-likeness (QED) is 0.499. The first-order valence-corrected chi connectivity index (χ1v) is 8.23. The second-order valence-electron chi connectivity index (χ2n) is 6.75. The van der Waals surface area contributed by atoms with E-state index in [9.17, 15) is 4.79 Å². The van der Waals surface area contributed by atoms with Crippen LogP contribution in [-0.4, -0.2) is 28.8 Å². The van der Waals surface area contributed by atoms with E-state index in [4.69, 9.17) is 10.6 Å². The van der Waals surface area contributed by atoms with Gasteiger partial charge in [-0.1, -0.05) is 65.8 Å². The Morgan fingerprint density at radius 2 is 1.60 bits per heavy atom. The number of nitrogens with two attached hydrogens (primary N) is 1. The van der Waals surface area contributed by atoms with Crippen molar-refractivity contribution in [1.29, 1.82) is 0 Å². The van der Waals surface area contributed by atoms with Gasteiger partial charge < -0.3 is 15.5 Å². The summed E-state index contributed by atoms with van der Waals surface area (Å²) in [7, 11) is 0. The average molecular weight is 339 g/mol. The zero-order valence-corrected chi connectivity index (χ0v) is 15.0. The molecule has 2 N–H and O–H groups in total. The Morgan fingerprint density at radius 3 is 2.16 bits per heavy atom. The van der Waals surface area contributed by atoms with Gasteiger partial charge in [-0.2, -0.15) is 0 Å². The van der Waals surface area contributed by atoms with Gasteiger partial charge in [-0.25, -0.2) is 0 Å². The smallest absolute Gasteiger partial charge is 0.264 e. The van der Waals surface area contributed by atoms with Crippen LogP contribution in [0.5, 0.6) is 0 Å². The Balaban J connectivity index is 2.00. The number of amidine groups is 1. The Morgan fingerprint density at radius 1 is 1.04 bits per heavy atom. The van der Waals surface area contributed by atoms with Crippen molar-refractivity contribution in [3.63, 3.8) is 0 Å². The topological polar surface area (TPSA) is 67.9 Å². The first kappa shape index (κ1) is 18.5. The third-order valence-electron chi connectivity index (χ3n) is 3.71. The zero-order valence-electron chi connectivity index (χ0n) is 15.0. The predicted octanol–water partition coefficient (Wildman–Crippen LogP) is 3.15. The minimum Gasteiger partial charge on any atom is -0.384 e. The van der Waals surface area contributed by atoms with E-state index in [0.29, 0.717) is 6.54 Å². The summed E-state index contributed by atoms with van der Waals surface area (Å²) in [5, 5.41) is 3.85. The fraction of sp³-hybridized carbons (Fsp3) is 0.300. The van der Waals surface area contributed by atoms with Crippen LogP contribution in [0.3, 0.4) is 0 Å². The van der Waals surface area contributed by atoms with E-state index in [1.54, 1.807) is 4.90 Å². The highest BCUT2D eigenvalue weighted by molar-refractivity contribution is 5.97. The molecule has 5 heteroatoms. The lowest BCUT2D eigenvalue weighted by atomic mass is 10.0. The number of rotatable bonds is 6. The molecule has 2 rings (SSSR count). The number of amides is 1. The van der Waals surface area contributed by atoms with E-state index >= 15 is 0 Å². The lowest BCUT2D eigenvalue weighted by Gasteiger charge is -2.35. The van der Waals surface area contributed by atoms with Crippen molar-refractivity contribution in [3.05, 3.63) is 71.8 Å². The molecule has 0 spiro atoms. The van der Waals surface area contributed by atoms with Gasteiger partial charge in [0.2, 0.25) is 0 Å². The molecule has 0 saturated heterocycles. The molecule has 0 aromatic heterocycles. The average Bonchev–Trinajstić information content (AvgIpc) is 2.60. The van der Waals surface area contributed by atoms with E-state index in [0.717, 1.165) is 11.1 Å². The molecule has 0 aliphatic carbocycles. The maximum atomic E-state index is 12.6. The molecule has 0 aliphatic heterocycles. The molecule has 132 valence electrons. The summed E-state index contributed by atoms with van der Waals surface area (Å²) >= 11 is 0. The highest BCUT2D eigenvalue weighted by atomic mass is 16.6. The van der Waals surface area contributed by atoms with Gasteiger partial charge in [0.15, 0.2) is 12.4 Å². The van der Waals surface area contributed by atoms with Crippen LogP contribution in [0.4, 0.5) is 0 Å². The van der Waals surface area contributed by atoms with Crippen molar-refractivity contribution in [2.45, 2.75) is 32.9 Å². The molecular weight excluding hydrogens is 314 g/mol. The van der Waals surface area contributed by atoms with E-state index < -0.39 is 0 Å². The van der Waals surface area contributed by atoms with E-state index in [2.05, 4.69) is 5.16 Å². The highest BCUT2D eigenvalue weighted by Gasteiger charge is 2.26. The molecule has 0 fully saturated rings. The molecule has 1 amide bonds. The number of benzene rings is 2. The summed E-state index contributed by atoms with van der Waals surface area (Å²) in [6.45, 7) is 6.35. The number of hydrogen-bond donors (Lipinski definition) is 1. The first-order chi connectivity index (χ1) is 11.9. The van der Waals surface area contributed by atoms with Crippen LogP contribution in [0.15, 0.2) is 65.8 Å². The van der Waals surface area contributed by atoms with Crippen LogP contribution in [0, 0.1) is 0 Å². The summed E-state index contributed by atoms with van der Waals surface area (Å²) in [5.41, 5.74) is 7.36. The molecule has 0 unspecified atom stereocenters. The third-order valence-corrected chi connectivity index (χ3v) is 3.71. The summed E-state index contributed by atoms with van der Waals surface area (Å²) in [6.07, 6.45) is 0. The van der Waals surface area contributed by atoms with Gasteiger partial charge in [0.25, 0.3) is 5.91 Å². The monoisotopic (exact) mass is 339 g/mol. The van der Waals surface area contributed by atoms with Crippen LogP contribution in [0.25, 0.3) is 0 Å². The Bertz CT molecular complexity index is 707. The maximum absolute atomic E-state index is 12.6. The Hall–Kier alpha value is -2.82. The molecule has 2 aromatic rings. The second-order valence-corrected chi connectivity index (χ2v) is 6.75. The number of carbonyl (C=O) groups is 1. The molecule has 2 aromatic carbocycles. The first-order valence-electron chi connectivity index (χ1n) is 8.23. The number of hydrogen-bond acceptors (Lipinski definition) is 3. The fourth-order valence-corrected chi connectivity index (χ4v) is 2.36.